The van der Waals surface area contributed by atoms with E-state index in [1.165, 1.54) is 6.42 Å². The third kappa shape index (κ3) is 1.35. The lowest BCUT2D eigenvalue weighted by Crippen LogP contribution is -2.15. The highest BCUT2D eigenvalue weighted by atomic mass is 16.4. The van der Waals surface area contributed by atoms with Gasteiger partial charge in [-0.25, -0.2) is 4.79 Å². The smallest absolute Gasteiger partial charge is 0.336 e. The SMILES string of the molecule is Nc1cccc(C(=O)O)c1C1CCC1. The van der Waals surface area contributed by atoms with Gasteiger partial charge in [0.2, 0.25) is 0 Å². The van der Waals surface area contributed by atoms with Crippen molar-refractivity contribution in [3.8, 4) is 0 Å². The zero-order valence-electron chi connectivity index (χ0n) is 7.86. The molecule has 0 radical (unpaired) electrons. The lowest BCUT2D eigenvalue weighted by atomic mass is 9.77. The van der Waals surface area contributed by atoms with Crippen molar-refractivity contribution in [2.45, 2.75) is 25.2 Å². The first-order valence-electron chi connectivity index (χ1n) is 4.82. The van der Waals surface area contributed by atoms with Gasteiger partial charge in [0.15, 0.2) is 0 Å². The molecule has 0 atom stereocenters. The van der Waals surface area contributed by atoms with E-state index in [0.717, 1.165) is 18.4 Å². The molecule has 0 spiro atoms. The Bertz CT molecular complexity index is 370. The van der Waals surface area contributed by atoms with Crippen molar-refractivity contribution < 1.29 is 9.90 Å². The second-order valence-corrected chi connectivity index (χ2v) is 3.74. The van der Waals surface area contributed by atoms with Gasteiger partial charge in [0.25, 0.3) is 0 Å². The van der Waals surface area contributed by atoms with Crippen LogP contribution in [0, 0.1) is 0 Å². The Labute approximate surface area is 82.5 Å². The number of carbonyl (C=O) groups is 1. The molecular formula is C11H13NO2. The molecule has 3 heteroatoms. The third-order valence-electron chi connectivity index (χ3n) is 2.88. The van der Waals surface area contributed by atoms with Gasteiger partial charge in [-0.3, -0.25) is 0 Å². The maximum atomic E-state index is 11.0. The maximum absolute atomic E-state index is 11.0. The number of hydrogen-bond acceptors (Lipinski definition) is 2. The molecule has 74 valence electrons. The Kier molecular flexibility index (Phi) is 2.15. The zero-order valence-corrected chi connectivity index (χ0v) is 7.86. The van der Waals surface area contributed by atoms with Gasteiger partial charge in [0.05, 0.1) is 5.56 Å². The van der Waals surface area contributed by atoms with E-state index in [2.05, 4.69) is 0 Å². The van der Waals surface area contributed by atoms with Crippen molar-refractivity contribution in [3.63, 3.8) is 0 Å². The third-order valence-corrected chi connectivity index (χ3v) is 2.88. The van der Waals surface area contributed by atoms with Gasteiger partial charge < -0.3 is 10.8 Å². The molecule has 1 aliphatic carbocycles. The lowest BCUT2D eigenvalue weighted by Gasteiger charge is -2.28. The summed E-state index contributed by atoms with van der Waals surface area (Å²) in [4.78, 5) is 11.0. The molecule has 2 rings (SSSR count). The van der Waals surface area contributed by atoms with Crippen LogP contribution in [0.25, 0.3) is 0 Å². The summed E-state index contributed by atoms with van der Waals surface area (Å²) in [5.74, 6) is -0.512. The van der Waals surface area contributed by atoms with E-state index in [1.807, 2.05) is 0 Å². The normalized spacial score (nSPS) is 16.3. The number of nitrogens with two attached hydrogens (primary N) is 1. The fourth-order valence-electron chi connectivity index (χ4n) is 1.92. The van der Waals surface area contributed by atoms with E-state index in [9.17, 15) is 4.79 Å². The number of anilines is 1. The van der Waals surface area contributed by atoms with Crippen molar-refractivity contribution in [2.75, 3.05) is 5.73 Å². The van der Waals surface area contributed by atoms with Crippen molar-refractivity contribution in [1.29, 1.82) is 0 Å². The van der Waals surface area contributed by atoms with Crippen LogP contribution < -0.4 is 5.73 Å². The molecule has 3 nitrogen and oxygen atoms in total. The molecule has 0 aromatic heterocycles. The summed E-state index contributed by atoms with van der Waals surface area (Å²) in [7, 11) is 0. The Balaban J connectivity index is 2.47. The van der Waals surface area contributed by atoms with E-state index in [4.69, 9.17) is 10.8 Å². The summed E-state index contributed by atoms with van der Waals surface area (Å²) in [6, 6.07) is 5.10. The number of hydrogen-bond donors (Lipinski definition) is 2. The molecule has 0 unspecified atom stereocenters. The Morgan fingerprint density at radius 3 is 2.64 bits per heavy atom. The summed E-state index contributed by atoms with van der Waals surface area (Å²) >= 11 is 0. The second kappa shape index (κ2) is 3.33. The van der Waals surface area contributed by atoms with Crippen LogP contribution in [0.5, 0.6) is 0 Å². The highest BCUT2D eigenvalue weighted by Crippen LogP contribution is 2.40. The average Bonchev–Trinajstić information content (AvgIpc) is 2.04. The number of nitrogen functional groups attached to an aromatic ring is 1. The molecule has 0 heterocycles. The minimum absolute atomic E-state index is 0.363. The molecule has 1 aromatic carbocycles. The van der Waals surface area contributed by atoms with Crippen LogP contribution in [-0.4, -0.2) is 11.1 Å². The maximum Gasteiger partial charge on any atom is 0.336 e. The topological polar surface area (TPSA) is 63.3 Å². The minimum atomic E-state index is -0.876. The first-order chi connectivity index (χ1) is 6.70. The van der Waals surface area contributed by atoms with Gasteiger partial charge in [-0.15, -0.1) is 0 Å². The van der Waals surface area contributed by atoms with E-state index in [1.54, 1.807) is 18.2 Å². The van der Waals surface area contributed by atoms with Crippen LogP contribution in [0.3, 0.4) is 0 Å². The summed E-state index contributed by atoms with van der Waals surface area (Å²) in [6.07, 6.45) is 3.31. The Morgan fingerprint density at radius 2 is 2.14 bits per heavy atom. The van der Waals surface area contributed by atoms with Gasteiger partial charge in [-0.05, 0) is 36.5 Å². The van der Waals surface area contributed by atoms with Crippen molar-refractivity contribution in [3.05, 3.63) is 29.3 Å². The van der Waals surface area contributed by atoms with Crippen LogP contribution in [0.1, 0.15) is 41.1 Å². The molecule has 1 aliphatic rings. The molecule has 0 aliphatic heterocycles. The number of aromatic carboxylic acids is 1. The predicted octanol–water partition coefficient (Wildman–Crippen LogP) is 2.23. The van der Waals surface area contributed by atoms with E-state index in [0.29, 0.717) is 17.2 Å². The van der Waals surface area contributed by atoms with Gasteiger partial charge >= 0.3 is 5.97 Å². The first-order valence-corrected chi connectivity index (χ1v) is 4.82. The van der Waals surface area contributed by atoms with Crippen LogP contribution in [0.4, 0.5) is 5.69 Å². The fourth-order valence-corrected chi connectivity index (χ4v) is 1.92. The number of rotatable bonds is 2. The summed E-state index contributed by atoms with van der Waals surface area (Å²) < 4.78 is 0. The lowest BCUT2D eigenvalue weighted by molar-refractivity contribution is 0.0694. The van der Waals surface area contributed by atoms with Crippen LogP contribution in [0.2, 0.25) is 0 Å². The molecular weight excluding hydrogens is 178 g/mol. The van der Waals surface area contributed by atoms with Gasteiger partial charge in [-0.2, -0.15) is 0 Å². The fraction of sp³-hybridized carbons (Fsp3) is 0.364. The standard InChI is InChI=1S/C11H13NO2/c12-9-6-2-5-8(11(13)14)10(9)7-3-1-4-7/h2,5-7H,1,3-4,12H2,(H,13,14). The number of benzene rings is 1. The van der Waals surface area contributed by atoms with Crippen molar-refractivity contribution in [1.82, 2.24) is 0 Å². The van der Waals surface area contributed by atoms with E-state index < -0.39 is 5.97 Å². The first kappa shape index (κ1) is 9.06. The number of carboxylic acid groups (broad SMARTS) is 1. The predicted molar refractivity (Wildman–Crippen MR) is 54.4 cm³/mol. The van der Waals surface area contributed by atoms with Crippen LogP contribution >= 0.6 is 0 Å². The molecule has 0 amide bonds. The molecule has 0 saturated heterocycles. The van der Waals surface area contributed by atoms with Crippen molar-refractivity contribution >= 4 is 11.7 Å². The van der Waals surface area contributed by atoms with Gasteiger partial charge in [-0.1, -0.05) is 12.5 Å². The summed E-state index contributed by atoms with van der Waals surface area (Å²) in [5.41, 5.74) is 7.64. The van der Waals surface area contributed by atoms with Crippen molar-refractivity contribution in [2.24, 2.45) is 0 Å². The quantitative estimate of drug-likeness (QED) is 0.704. The second-order valence-electron chi connectivity index (χ2n) is 3.74. The highest BCUT2D eigenvalue weighted by molar-refractivity contribution is 5.91. The van der Waals surface area contributed by atoms with Crippen LogP contribution in [-0.2, 0) is 0 Å². The Morgan fingerprint density at radius 1 is 1.43 bits per heavy atom. The highest BCUT2D eigenvalue weighted by Gasteiger charge is 2.26. The van der Waals surface area contributed by atoms with Crippen LogP contribution in [0.15, 0.2) is 18.2 Å². The summed E-state index contributed by atoms with van der Waals surface area (Å²) in [5, 5.41) is 9.00. The monoisotopic (exact) mass is 191 g/mol. The molecule has 14 heavy (non-hydrogen) atoms. The van der Waals surface area contributed by atoms with E-state index >= 15 is 0 Å². The summed E-state index contributed by atoms with van der Waals surface area (Å²) in [6.45, 7) is 0. The molecule has 1 fully saturated rings. The zero-order chi connectivity index (χ0) is 10.1. The minimum Gasteiger partial charge on any atom is -0.478 e. The largest absolute Gasteiger partial charge is 0.478 e. The molecule has 1 aromatic rings. The van der Waals surface area contributed by atoms with Gasteiger partial charge in [0.1, 0.15) is 0 Å². The molecule has 0 bridgehead atoms. The molecule has 3 N–H and O–H groups in total. The van der Waals surface area contributed by atoms with E-state index in [-0.39, 0.29) is 0 Å². The molecule has 1 saturated carbocycles. The number of carboxylic acids is 1. The average molecular weight is 191 g/mol. The van der Waals surface area contributed by atoms with Gasteiger partial charge in [0, 0.05) is 5.69 Å². The Hall–Kier alpha value is -1.51.